The Morgan fingerprint density at radius 3 is 1.82 bits per heavy atom. The van der Waals surface area contributed by atoms with Crippen LogP contribution >= 0.6 is 0 Å². The monoisotopic (exact) mass is 226 g/mol. The van der Waals surface area contributed by atoms with E-state index in [-0.39, 0.29) is 6.10 Å². The Morgan fingerprint density at radius 2 is 1.29 bits per heavy atom. The minimum Gasteiger partial charge on any atom is -0.388 e. The smallest absolute Gasteiger partial charge is 0.0795 e. The lowest BCUT2D eigenvalue weighted by Gasteiger charge is -2.17. The van der Waals surface area contributed by atoms with Gasteiger partial charge < -0.3 is 5.11 Å². The van der Waals surface area contributed by atoms with E-state index in [1.54, 1.807) is 0 Å². The van der Waals surface area contributed by atoms with Crippen LogP contribution in [0.2, 0.25) is 0 Å². The minimum absolute atomic E-state index is 0.367. The second kappa shape index (κ2) is 5.65. The van der Waals surface area contributed by atoms with Crippen molar-refractivity contribution < 1.29 is 5.11 Å². The van der Waals surface area contributed by atoms with Crippen molar-refractivity contribution >= 4 is 0 Å². The van der Waals surface area contributed by atoms with Crippen LogP contribution < -0.4 is 0 Å². The van der Waals surface area contributed by atoms with Crippen LogP contribution in [0.3, 0.4) is 0 Å². The number of aliphatic hydroxyl groups is 1. The summed E-state index contributed by atoms with van der Waals surface area (Å²) in [6.07, 6.45) is 0.375. The fourth-order valence-electron chi connectivity index (χ4n) is 2.06. The van der Waals surface area contributed by atoms with Crippen molar-refractivity contribution in [3.8, 4) is 0 Å². The van der Waals surface area contributed by atoms with E-state index in [0.717, 1.165) is 12.0 Å². The molecule has 0 saturated heterocycles. The van der Waals surface area contributed by atoms with Crippen LogP contribution in [0.5, 0.6) is 0 Å². The van der Waals surface area contributed by atoms with Gasteiger partial charge in [0.05, 0.1) is 6.10 Å². The van der Waals surface area contributed by atoms with Gasteiger partial charge in [-0.1, -0.05) is 67.6 Å². The van der Waals surface area contributed by atoms with E-state index >= 15 is 0 Å². The summed E-state index contributed by atoms with van der Waals surface area (Å²) in [4.78, 5) is 0. The Kier molecular flexibility index (Phi) is 3.94. The molecule has 88 valence electrons. The second-order valence-electron chi connectivity index (χ2n) is 4.47. The average molecular weight is 226 g/mol. The highest BCUT2D eigenvalue weighted by molar-refractivity contribution is 5.21. The number of rotatable bonds is 4. The van der Waals surface area contributed by atoms with Gasteiger partial charge in [-0.3, -0.25) is 0 Å². The Morgan fingerprint density at radius 1 is 0.824 bits per heavy atom. The predicted molar refractivity (Wildman–Crippen MR) is 70.9 cm³/mol. The van der Waals surface area contributed by atoms with E-state index in [9.17, 15) is 5.11 Å². The molecular formula is C16H18O. The summed E-state index contributed by atoms with van der Waals surface area (Å²) in [7, 11) is 0. The van der Waals surface area contributed by atoms with Gasteiger partial charge in [0, 0.05) is 0 Å². The van der Waals surface area contributed by atoms with Crippen molar-refractivity contribution in [1.29, 1.82) is 0 Å². The number of hydrogen-bond donors (Lipinski definition) is 1. The largest absolute Gasteiger partial charge is 0.388 e. The molecule has 0 bridgehead atoms. The molecule has 2 aromatic rings. The Balaban J connectivity index is 2.02. The van der Waals surface area contributed by atoms with E-state index < -0.39 is 0 Å². The van der Waals surface area contributed by atoms with E-state index in [0.29, 0.717) is 5.92 Å². The molecule has 2 atom stereocenters. The highest BCUT2D eigenvalue weighted by atomic mass is 16.3. The molecule has 0 radical (unpaired) electrons. The lowest BCUT2D eigenvalue weighted by Crippen LogP contribution is -2.03. The molecule has 0 fully saturated rings. The lowest BCUT2D eigenvalue weighted by atomic mass is 9.92. The first-order valence-corrected chi connectivity index (χ1v) is 6.05. The summed E-state index contributed by atoms with van der Waals surface area (Å²) in [5, 5.41) is 10.2. The zero-order valence-electron chi connectivity index (χ0n) is 10.1. The van der Waals surface area contributed by atoms with Crippen molar-refractivity contribution in [3.05, 3.63) is 71.8 Å². The molecule has 0 unspecified atom stereocenters. The third-order valence-corrected chi connectivity index (χ3v) is 3.13. The molecule has 0 amide bonds. The summed E-state index contributed by atoms with van der Waals surface area (Å²) in [5.41, 5.74) is 2.28. The van der Waals surface area contributed by atoms with E-state index in [1.807, 2.05) is 48.5 Å². The third-order valence-electron chi connectivity index (χ3n) is 3.13. The fourth-order valence-corrected chi connectivity index (χ4v) is 2.06. The van der Waals surface area contributed by atoms with Crippen LogP contribution in [-0.4, -0.2) is 5.11 Å². The summed E-state index contributed by atoms with van der Waals surface area (Å²) in [6, 6.07) is 20.2. The maximum absolute atomic E-state index is 10.2. The molecule has 0 heterocycles. The molecule has 0 aliphatic heterocycles. The first kappa shape index (κ1) is 11.9. The van der Waals surface area contributed by atoms with Crippen LogP contribution in [0.1, 0.15) is 36.5 Å². The van der Waals surface area contributed by atoms with Crippen molar-refractivity contribution in [2.24, 2.45) is 0 Å². The molecule has 1 nitrogen and oxygen atoms in total. The van der Waals surface area contributed by atoms with E-state index in [1.165, 1.54) is 5.56 Å². The van der Waals surface area contributed by atoms with Crippen LogP contribution in [0.15, 0.2) is 60.7 Å². The van der Waals surface area contributed by atoms with Gasteiger partial charge in [0.1, 0.15) is 0 Å². The molecule has 0 spiro atoms. The molecule has 1 heteroatoms. The number of hydrogen-bond acceptors (Lipinski definition) is 1. The highest BCUT2D eigenvalue weighted by Gasteiger charge is 2.13. The SMILES string of the molecule is C[C@@H](C[C@H](O)c1ccccc1)c1ccccc1. The standard InChI is InChI=1S/C16H18O/c1-13(14-8-4-2-5-9-14)12-16(17)15-10-6-3-7-11-15/h2-11,13,16-17H,12H2,1H3/t13-,16-/m0/s1. The topological polar surface area (TPSA) is 20.2 Å². The van der Waals surface area contributed by atoms with Gasteiger partial charge >= 0.3 is 0 Å². The molecule has 1 N–H and O–H groups in total. The molecule has 0 aliphatic rings. The molecule has 2 rings (SSSR count). The summed E-state index contributed by atoms with van der Waals surface area (Å²) < 4.78 is 0. The van der Waals surface area contributed by atoms with Gasteiger partial charge in [-0.15, -0.1) is 0 Å². The third kappa shape index (κ3) is 3.18. The quantitative estimate of drug-likeness (QED) is 0.838. The number of aliphatic hydroxyl groups excluding tert-OH is 1. The first-order chi connectivity index (χ1) is 8.27. The highest BCUT2D eigenvalue weighted by Crippen LogP contribution is 2.27. The van der Waals surface area contributed by atoms with E-state index in [2.05, 4.69) is 19.1 Å². The fraction of sp³-hybridized carbons (Fsp3) is 0.250. The van der Waals surface area contributed by atoms with Gasteiger partial charge in [-0.05, 0) is 23.5 Å². The molecule has 2 aromatic carbocycles. The molecule has 0 aromatic heterocycles. The minimum atomic E-state index is -0.383. The Labute approximate surface area is 103 Å². The summed E-state index contributed by atoms with van der Waals surface area (Å²) >= 11 is 0. The van der Waals surface area contributed by atoms with Gasteiger partial charge in [-0.25, -0.2) is 0 Å². The van der Waals surface area contributed by atoms with Crippen LogP contribution in [0.25, 0.3) is 0 Å². The lowest BCUT2D eigenvalue weighted by molar-refractivity contribution is 0.159. The van der Waals surface area contributed by atoms with Crippen molar-refractivity contribution in [3.63, 3.8) is 0 Å². The van der Waals surface area contributed by atoms with Gasteiger partial charge in [0.25, 0.3) is 0 Å². The maximum atomic E-state index is 10.2. The number of benzene rings is 2. The van der Waals surface area contributed by atoms with E-state index in [4.69, 9.17) is 0 Å². The Hall–Kier alpha value is -1.60. The van der Waals surface area contributed by atoms with Gasteiger partial charge in [0.15, 0.2) is 0 Å². The summed E-state index contributed by atoms with van der Waals surface area (Å²) in [5.74, 6) is 0.367. The van der Waals surface area contributed by atoms with Crippen LogP contribution in [0.4, 0.5) is 0 Å². The van der Waals surface area contributed by atoms with Crippen LogP contribution in [-0.2, 0) is 0 Å². The molecule has 0 aliphatic carbocycles. The zero-order chi connectivity index (χ0) is 12.1. The Bertz CT molecular complexity index is 392. The molecular weight excluding hydrogens is 208 g/mol. The van der Waals surface area contributed by atoms with Gasteiger partial charge in [0.2, 0.25) is 0 Å². The average Bonchev–Trinajstić information content (AvgIpc) is 2.40. The zero-order valence-corrected chi connectivity index (χ0v) is 10.1. The van der Waals surface area contributed by atoms with Crippen molar-refractivity contribution in [2.45, 2.75) is 25.4 Å². The predicted octanol–water partition coefficient (Wildman–Crippen LogP) is 3.91. The summed E-state index contributed by atoms with van der Waals surface area (Å²) in [6.45, 7) is 2.15. The molecule has 17 heavy (non-hydrogen) atoms. The van der Waals surface area contributed by atoms with Gasteiger partial charge in [-0.2, -0.15) is 0 Å². The first-order valence-electron chi connectivity index (χ1n) is 6.05. The van der Waals surface area contributed by atoms with Crippen molar-refractivity contribution in [2.75, 3.05) is 0 Å². The van der Waals surface area contributed by atoms with Crippen molar-refractivity contribution in [1.82, 2.24) is 0 Å². The normalized spacial score (nSPS) is 14.2. The second-order valence-corrected chi connectivity index (χ2v) is 4.47. The van der Waals surface area contributed by atoms with Crippen LogP contribution in [0, 0.1) is 0 Å². The molecule has 0 saturated carbocycles. The maximum Gasteiger partial charge on any atom is 0.0795 e.